The number of amides is 1. The summed E-state index contributed by atoms with van der Waals surface area (Å²) in [4.78, 5) is 12.0. The minimum Gasteiger partial charge on any atom is -0.493 e. The minimum atomic E-state index is -0.575. The average Bonchev–Trinajstić information content (AvgIpc) is 2.51. The van der Waals surface area contributed by atoms with Crippen molar-refractivity contribution in [3.8, 4) is 11.5 Å². The van der Waals surface area contributed by atoms with Crippen molar-refractivity contribution >= 4 is 5.91 Å². The topological polar surface area (TPSA) is 73.6 Å². The van der Waals surface area contributed by atoms with Crippen LogP contribution < -0.4 is 20.5 Å². The van der Waals surface area contributed by atoms with Crippen LogP contribution in [0.4, 0.5) is 0 Å². The molecule has 21 heavy (non-hydrogen) atoms. The fraction of sp³-hybridized carbons (Fsp3) is 0.562. The molecule has 0 saturated heterocycles. The first-order chi connectivity index (χ1) is 10.1. The number of nitrogens with one attached hydrogen (secondary N) is 1. The summed E-state index contributed by atoms with van der Waals surface area (Å²) in [5.74, 6) is 1.01. The lowest BCUT2D eigenvalue weighted by atomic mass is 10.2. The minimum absolute atomic E-state index is 0.119. The Morgan fingerprint density at radius 3 is 2.71 bits per heavy atom. The highest BCUT2D eigenvalue weighted by molar-refractivity contribution is 5.80. The van der Waals surface area contributed by atoms with E-state index in [-0.39, 0.29) is 5.91 Å². The zero-order chi connectivity index (χ0) is 15.7. The van der Waals surface area contributed by atoms with E-state index in [0.29, 0.717) is 24.6 Å². The van der Waals surface area contributed by atoms with Crippen molar-refractivity contribution in [2.45, 2.75) is 45.8 Å². The van der Waals surface area contributed by atoms with E-state index in [1.54, 1.807) is 26.2 Å². The number of carbonyl (C=O) groups excluding carboxylic acids is 1. The highest BCUT2D eigenvalue weighted by atomic mass is 16.5. The van der Waals surface area contributed by atoms with Crippen molar-refractivity contribution in [1.29, 1.82) is 0 Å². The zero-order valence-electron chi connectivity index (χ0n) is 13.1. The number of unbranched alkanes of at least 4 members (excludes halogenated alkanes) is 2. The molecule has 118 valence electrons. The molecule has 0 radical (unpaired) electrons. The molecule has 5 nitrogen and oxygen atoms in total. The number of ether oxygens (including phenoxy) is 2. The maximum absolute atomic E-state index is 12.0. The molecule has 0 aliphatic rings. The number of rotatable bonds is 9. The second-order valence-electron chi connectivity index (χ2n) is 4.95. The van der Waals surface area contributed by atoms with Gasteiger partial charge in [-0.25, -0.2) is 0 Å². The molecule has 1 rings (SSSR count). The normalized spacial score (nSPS) is 11.8. The fourth-order valence-electron chi connectivity index (χ4n) is 1.91. The standard InChI is InChI=1S/C16H26N2O3/c1-4-5-6-9-18-16(19)12(2)21-15-10-13(11-17)7-8-14(15)20-3/h7-8,10,12H,4-6,9,11,17H2,1-3H3,(H,18,19). The van der Waals surface area contributed by atoms with Crippen LogP contribution in [0.25, 0.3) is 0 Å². The van der Waals surface area contributed by atoms with Gasteiger partial charge in [0.1, 0.15) is 0 Å². The second-order valence-corrected chi connectivity index (χ2v) is 4.95. The van der Waals surface area contributed by atoms with Crippen molar-refractivity contribution < 1.29 is 14.3 Å². The summed E-state index contributed by atoms with van der Waals surface area (Å²) in [6.07, 6.45) is 2.65. The number of nitrogens with two attached hydrogens (primary N) is 1. The monoisotopic (exact) mass is 294 g/mol. The van der Waals surface area contributed by atoms with Crippen LogP contribution in [0.1, 0.15) is 38.7 Å². The van der Waals surface area contributed by atoms with E-state index in [9.17, 15) is 4.79 Å². The quantitative estimate of drug-likeness (QED) is 0.685. The van der Waals surface area contributed by atoms with Gasteiger partial charge in [-0.3, -0.25) is 4.79 Å². The van der Waals surface area contributed by atoms with E-state index in [0.717, 1.165) is 24.8 Å². The van der Waals surface area contributed by atoms with Gasteiger partial charge in [0.2, 0.25) is 0 Å². The van der Waals surface area contributed by atoms with Crippen molar-refractivity contribution in [3.05, 3.63) is 23.8 Å². The van der Waals surface area contributed by atoms with Crippen LogP contribution in [-0.4, -0.2) is 25.7 Å². The summed E-state index contributed by atoms with van der Waals surface area (Å²) in [6, 6.07) is 5.48. The molecule has 0 aromatic heterocycles. The Morgan fingerprint density at radius 2 is 2.10 bits per heavy atom. The molecule has 0 fully saturated rings. The third-order valence-corrected chi connectivity index (χ3v) is 3.22. The third kappa shape index (κ3) is 5.63. The molecule has 5 heteroatoms. The van der Waals surface area contributed by atoms with Crippen LogP contribution in [0, 0.1) is 0 Å². The zero-order valence-corrected chi connectivity index (χ0v) is 13.1. The number of benzene rings is 1. The van der Waals surface area contributed by atoms with Crippen LogP contribution in [0.15, 0.2) is 18.2 Å². The molecule has 0 saturated carbocycles. The van der Waals surface area contributed by atoms with E-state index in [4.69, 9.17) is 15.2 Å². The van der Waals surface area contributed by atoms with E-state index in [1.807, 2.05) is 6.07 Å². The molecule has 0 bridgehead atoms. The molecule has 3 N–H and O–H groups in total. The summed E-state index contributed by atoms with van der Waals surface area (Å²) in [5.41, 5.74) is 6.55. The number of carbonyl (C=O) groups is 1. The van der Waals surface area contributed by atoms with E-state index in [1.165, 1.54) is 0 Å². The molecule has 0 aliphatic heterocycles. The maximum atomic E-state index is 12.0. The number of methoxy groups -OCH3 is 1. The highest BCUT2D eigenvalue weighted by Gasteiger charge is 2.16. The first-order valence-corrected chi connectivity index (χ1v) is 7.43. The smallest absolute Gasteiger partial charge is 0.260 e. The van der Waals surface area contributed by atoms with Crippen molar-refractivity contribution in [3.63, 3.8) is 0 Å². The lowest BCUT2D eigenvalue weighted by Crippen LogP contribution is -2.36. The first-order valence-electron chi connectivity index (χ1n) is 7.43. The molecule has 0 aliphatic carbocycles. The van der Waals surface area contributed by atoms with Gasteiger partial charge in [-0.15, -0.1) is 0 Å². The second kappa shape index (κ2) is 9.23. The predicted molar refractivity (Wildman–Crippen MR) is 83.5 cm³/mol. The van der Waals surface area contributed by atoms with Gasteiger partial charge < -0.3 is 20.5 Å². The van der Waals surface area contributed by atoms with Crippen molar-refractivity contribution in [2.75, 3.05) is 13.7 Å². The summed E-state index contributed by atoms with van der Waals surface area (Å²) in [5, 5.41) is 2.87. The molecular formula is C16H26N2O3. The van der Waals surface area contributed by atoms with Crippen LogP contribution in [-0.2, 0) is 11.3 Å². The lowest BCUT2D eigenvalue weighted by molar-refractivity contribution is -0.127. The van der Waals surface area contributed by atoms with Gasteiger partial charge in [0.15, 0.2) is 17.6 Å². The van der Waals surface area contributed by atoms with Crippen molar-refractivity contribution in [1.82, 2.24) is 5.32 Å². The Kier molecular flexibility index (Phi) is 7.61. The third-order valence-electron chi connectivity index (χ3n) is 3.22. The Balaban J connectivity index is 2.60. The SMILES string of the molecule is CCCCCNC(=O)C(C)Oc1cc(CN)ccc1OC. The van der Waals surface area contributed by atoms with Gasteiger partial charge in [0, 0.05) is 13.1 Å². The molecule has 1 atom stereocenters. The fourth-order valence-corrected chi connectivity index (χ4v) is 1.91. The van der Waals surface area contributed by atoms with E-state index in [2.05, 4.69) is 12.2 Å². The first kappa shape index (κ1) is 17.3. The number of hydrogen-bond acceptors (Lipinski definition) is 4. The average molecular weight is 294 g/mol. The predicted octanol–water partition coefficient (Wildman–Crippen LogP) is 2.23. The summed E-state index contributed by atoms with van der Waals surface area (Å²) in [6.45, 7) is 4.95. The van der Waals surface area contributed by atoms with Gasteiger partial charge in [0.25, 0.3) is 5.91 Å². The molecule has 1 aromatic carbocycles. The molecule has 1 aromatic rings. The van der Waals surface area contributed by atoms with Gasteiger partial charge >= 0.3 is 0 Å². The lowest BCUT2D eigenvalue weighted by Gasteiger charge is -2.17. The molecule has 1 unspecified atom stereocenters. The van der Waals surface area contributed by atoms with Gasteiger partial charge in [-0.05, 0) is 31.0 Å². The Labute approximate surface area is 126 Å². The Bertz CT molecular complexity index is 449. The maximum Gasteiger partial charge on any atom is 0.260 e. The van der Waals surface area contributed by atoms with E-state index < -0.39 is 6.10 Å². The molecule has 0 heterocycles. The molecule has 0 spiro atoms. The largest absolute Gasteiger partial charge is 0.493 e. The summed E-state index contributed by atoms with van der Waals surface area (Å²) < 4.78 is 10.9. The van der Waals surface area contributed by atoms with E-state index >= 15 is 0 Å². The Morgan fingerprint density at radius 1 is 1.33 bits per heavy atom. The van der Waals surface area contributed by atoms with Crippen LogP contribution in [0.3, 0.4) is 0 Å². The summed E-state index contributed by atoms with van der Waals surface area (Å²) in [7, 11) is 1.57. The highest BCUT2D eigenvalue weighted by Crippen LogP contribution is 2.28. The van der Waals surface area contributed by atoms with Crippen LogP contribution >= 0.6 is 0 Å². The van der Waals surface area contributed by atoms with Crippen LogP contribution in [0.2, 0.25) is 0 Å². The Hall–Kier alpha value is -1.75. The molecule has 1 amide bonds. The van der Waals surface area contributed by atoms with Gasteiger partial charge in [-0.1, -0.05) is 25.8 Å². The molecular weight excluding hydrogens is 268 g/mol. The van der Waals surface area contributed by atoms with Gasteiger partial charge in [0.05, 0.1) is 7.11 Å². The van der Waals surface area contributed by atoms with Gasteiger partial charge in [-0.2, -0.15) is 0 Å². The van der Waals surface area contributed by atoms with Crippen molar-refractivity contribution in [2.24, 2.45) is 5.73 Å². The summed E-state index contributed by atoms with van der Waals surface area (Å²) >= 11 is 0. The number of hydrogen-bond donors (Lipinski definition) is 2. The van der Waals surface area contributed by atoms with Crippen LogP contribution in [0.5, 0.6) is 11.5 Å².